The average Bonchev–Trinajstić information content (AvgIpc) is 2.33. The van der Waals surface area contributed by atoms with Gasteiger partial charge in [0.25, 0.3) is 5.91 Å². The van der Waals surface area contributed by atoms with Gasteiger partial charge in [-0.05, 0) is 26.3 Å². The van der Waals surface area contributed by atoms with Gasteiger partial charge in [-0.2, -0.15) is 0 Å². The zero-order valence-electron chi connectivity index (χ0n) is 10.6. The van der Waals surface area contributed by atoms with Crippen LogP contribution < -0.4 is 16.0 Å². The average molecular weight is 300 g/mol. The molecule has 108 valence electrons. The lowest BCUT2D eigenvalue weighted by Gasteiger charge is -2.32. The Balaban J connectivity index is 0.00000144. The van der Waals surface area contributed by atoms with E-state index in [1.807, 2.05) is 0 Å². The molecule has 1 amide bonds. The van der Waals surface area contributed by atoms with Crippen molar-refractivity contribution in [2.24, 2.45) is 0 Å². The van der Waals surface area contributed by atoms with Crippen molar-refractivity contribution in [2.75, 3.05) is 26.2 Å². The minimum absolute atomic E-state index is 0. The summed E-state index contributed by atoms with van der Waals surface area (Å²) >= 11 is 0. The summed E-state index contributed by atoms with van der Waals surface area (Å²) in [5.41, 5.74) is 0. The molecule has 0 aromatic heterocycles. The highest BCUT2D eigenvalue weighted by Gasteiger charge is 2.27. The fourth-order valence-corrected chi connectivity index (χ4v) is 2.25. The monoisotopic (exact) mass is 299 g/mol. The highest BCUT2D eigenvalue weighted by atomic mass is 35.5. The molecule has 0 spiro atoms. The molecular weight excluding hydrogens is 277 g/mol. The Labute approximate surface area is 121 Å². The molecule has 3 atom stereocenters. The first-order valence-electron chi connectivity index (χ1n) is 6.13. The van der Waals surface area contributed by atoms with Crippen LogP contribution in [0, 0.1) is 0 Å². The van der Waals surface area contributed by atoms with Gasteiger partial charge < -0.3 is 20.7 Å². The van der Waals surface area contributed by atoms with Crippen LogP contribution in [0.3, 0.4) is 0 Å². The molecule has 0 saturated carbocycles. The van der Waals surface area contributed by atoms with Gasteiger partial charge in [-0.15, -0.1) is 24.8 Å². The molecule has 2 heterocycles. The van der Waals surface area contributed by atoms with Crippen molar-refractivity contribution >= 4 is 30.7 Å². The number of hydrogen-bond donors (Lipinski definition) is 3. The molecule has 0 aromatic rings. The first-order chi connectivity index (χ1) is 7.77. The Morgan fingerprint density at radius 3 is 2.72 bits per heavy atom. The van der Waals surface area contributed by atoms with Crippen LogP contribution in [-0.4, -0.2) is 50.3 Å². The van der Waals surface area contributed by atoms with Gasteiger partial charge in [-0.25, -0.2) is 0 Å². The summed E-state index contributed by atoms with van der Waals surface area (Å²) in [6, 6.07) is 0.598. The second-order valence-electron chi connectivity index (χ2n) is 4.56. The third kappa shape index (κ3) is 4.90. The van der Waals surface area contributed by atoms with Crippen molar-refractivity contribution < 1.29 is 9.53 Å². The molecule has 2 aliphatic rings. The number of morpholine rings is 1. The van der Waals surface area contributed by atoms with Gasteiger partial charge >= 0.3 is 0 Å². The van der Waals surface area contributed by atoms with Crippen LogP contribution in [0.15, 0.2) is 0 Å². The standard InChI is InChI=1S/C11H21N3O2.2ClH/c1-8-9(3-2-4-13-8)14-11(15)10-7-12-5-6-16-10;;/h8-10,12-13H,2-7H2,1H3,(H,14,15);2*1H/t8?,9?,10-;;/m1../s1. The van der Waals surface area contributed by atoms with E-state index < -0.39 is 0 Å². The molecule has 2 aliphatic heterocycles. The summed E-state index contributed by atoms with van der Waals surface area (Å²) in [6.07, 6.45) is 1.86. The summed E-state index contributed by atoms with van der Waals surface area (Å²) in [5, 5.41) is 9.60. The van der Waals surface area contributed by atoms with Crippen LogP contribution in [-0.2, 0) is 9.53 Å². The van der Waals surface area contributed by atoms with Crippen molar-refractivity contribution in [3.63, 3.8) is 0 Å². The molecule has 0 aliphatic carbocycles. The highest BCUT2D eigenvalue weighted by Crippen LogP contribution is 2.09. The Morgan fingerprint density at radius 1 is 1.33 bits per heavy atom. The minimum Gasteiger partial charge on any atom is -0.366 e. The van der Waals surface area contributed by atoms with Gasteiger partial charge in [0.1, 0.15) is 6.10 Å². The predicted octanol–water partition coefficient (Wildman–Crippen LogP) is 0.0751. The van der Waals surface area contributed by atoms with Crippen molar-refractivity contribution in [1.82, 2.24) is 16.0 Å². The Morgan fingerprint density at radius 2 is 2.11 bits per heavy atom. The van der Waals surface area contributed by atoms with Crippen LogP contribution in [0.2, 0.25) is 0 Å². The highest BCUT2D eigenvalue weighted by molar-refractivity contribution is 5.85. The zero-order valence-corrected chi connectivity index (χ0v) is 12.2. The number of halogens is 2. The molecular formula is C11H23Cl2N3O2. The maximum Gasteiger partial charge on any atom is 0.250 e. The molecule has 7 heteroatoms. The van der Waals surface area contributed by atoms with Crippen LogP contribution in [0.4, 0.5) is 0 Å². The van der Waals surface area contributed by atoms with Gasteiger partial charge in [-0.3, -0.25) is 4.79 Å². The first kappa shape index (κ1) is 17.9. The fourth-order valence-electron chi connectivity index (χ4n) is 2.25. The normalized spacial score (nSPS) is 31.7. The predicted molar refractivity (Wildman–Crippen MR) is 75.7 cm³/mol. The summed E-state index contributed by atoms with van der Waals surface area (Å²) in [5.74, 6) is 0.0211. The van der Waals surface area contributed by atoms with E-state index in [1.54, 1.807) is 0 Å². The van der Waals surface area contributed by atoms with E-state index in [0.717, 1.165) is 25.9 Å². The molecule has 0 aromatic carbocycles. The molecule has 18 heavy (non-hydrogen) atoms. The van der Waals surface area contributed by atoms with E-state index in [-0.39, 0.29) is 42.9 Å². The molecule has 2 rings (SSSR count). The van der Waals surface area contributed by atoms with E-state index in [4.69, 9.17) is 4.74 Å². The van der Waals surface area contributed by atoms with Gasteiger partial charge in [0.05, 0.1) is 6.61 Å². The molecule has 3 N–H and O–H groups in total. The van der Waals surface area contributed by atoms with Gasteiger partial charge in [0.2, 0.25) is 0 Å². The molecule has 0 bridgehead atoms. The topological polar surface area (TPSA) is 62.4 Å². The summed E-state index contributed by atoms with van der Waals surface area (Å²) < 4.78 is 5.42. The van der Waals surface area contributed by atoms with E-state index >= 15 is 0 Å². The zero-order chi connectivity index (χ0) is 11.4. The number of rotatable bonds is 2. The van der Waals surface area contributed by atoms with Gasteiger partial charge in [0.15, 0.2) is 0 Å². The lowest BCUT2D eigenvalue weighted by Crippen LogP contribution is -2.56. The third-order valence-corrected chi connectivity index (χ3v) is 3.31. The number of amides is 1. The number of ether oxygens (including phenoxy) is 1. The first-order valence-corrected chi connectivity index (χ1v) is 6.13. The van der Waals surface area contributed by atoms with E-state index in [1.165, 1.54) is 0 Å². The third-order valence-electron chi connectivity index (χ3n) is 3.31. The second-order valence-corrected chi connectivity index (χ2v) is 4.56. The van der Waals surface area contributed by atoms with Crippen molar-refractivity contribution in [3.8, 4) is 0 Å². The number of nitrogens with one attached hydrogen (secondary N) is 3. The second kappa shape index (κ2) is 8.93. The fraction of sp³-hybridized carbons (Fsp3) is 0.909. The van der Waals surface area contributed by atoms with Crippen LogP contribution in [0.25, 0.3) is 0 Å². The molecule has 5 nitrogen and oxygen atoms in total. The Kier molecular flexibility index (Phi) is 8.90. The van der Waals surface area contributed by atoms with Crippen LogP contribution in [0.5, 0.6) is 0 Å². The van der Waals surface area contributed by atoms with Gasteiger partial charge in [0, 0.05) is 25.2 Å². The van der Waals surface area contributed by atoms with E-state index in [9.17, 15) is 4.79 Å². The van der Waals surface area contributed by atoms with Crippen molar-refractivity contribution in [2.45, 2.75) is 38.0 Å². The largest absolute Gasteiger partial charge is 0.366 e. The summed E-state index contributed by atoms with van der Waals surface area (Å²) in [4.78, 5) is 11.9. The maximum atomic E-state index is 11.9. The van der Waals surface area contributed by atoms with Crippen LogP contribution in [0.1, 0.15) is 19.8 Å². The lowest BCUT2D eigenvalue weighted by molar-refractivity contribution is -0.135. The van der Waals surface area contributed by atoms with Gasteiger partial charge in [-0.1, -0.05) is 0 Å². The summed E-state index contributed by atoms with van der Waals surface area (Å²) in [7, 11) is 0. The molecule has 2 saturated heterocycles. The quantitative estimate of drug-likeness (QED) is 0.676. The van der Waals surface area contributed by atoms with Crippen LogP contribution >= 0.6 is 24.8 Å². The van der Waals surface area contributed by atoms with E-state index in [2.05, 4.69) is 22.9 Å². The number of carbonyl (C=O) groups is 1. The van der Waals surface area contributed by atoms with Crippen molar-refractivity contribution in [1.29, 1.82) is 0 Å². The number of carbonyl (C=O) groups excluding carboxylic acids is 1. The Bertz CT molecular complexity index is 250. The molecule has 2 fully saturated rings. The SMILES string of the molecule is CC1NCCCC1NC(=O)[C@H]1CNCCO1.Cl.Cl. The summed E-state index contributed by atoms with van der Waals surface area (Å²) in [6.45, 7) is 5.25. The minimum atomic E-state index is -0.317. The molecule has 0 radical (unpaired) electrons. The van der Waals surface area contributed by atoms with Crippen molar-refractivity contribution in [3.05, 3.63) is 0 Å². The number of hydrogen-bond acceptors (Lipinski definition) is 4. The molecule has 2 unspecified atom stereocenters. The number of piperidine rings is 1. The maximum absolute atomic E-state index is 11.9. The van der Waals surface area contributed by atoms with E-state index in [0.29, 0.717) is 19.2 Å². The Hall–Kier alpha value is -0.0700. The lowest BCUT2D eigenvalue weighted by atomic mass is 9.99. The smallest absolute Gasteiger partial charge is 0.250 e.